The summed E-state index contributed by atoms with van der Waals surface area (Å²) in [4.78, 5) is 10.3. The van der Waals surface area contributed by atoms with E-state index in [1.54, 1.807) is 6.07 Å². The standard InChI is InChI=1S/C13H18N2O3/c1-9-8-10(15(16)17)6-7-12(9)18-13-5-3-2-4-11(13)14/h6-8,11,13H,2-5,14H2,1H3. The van der Waals surface area contributed by atoms with Gasteiger partial charge >= 0.3 is 0 Å². The summed E-state index contributed by atoms with van der Waals surface area (Å²) in [5, 5.41) is 10.7. The first kappa shape index (κ1) is 12.8. The van der Waals surface area contributed by atoms with Gasteiger partial charge in [0, 0.05) is 18.2 Å². The Morgan fingerprint density at radius 2 is 2.11 bits per heavy atom. The lowest BCUT2D eigenvalue weighted by molar-refractivity contribution is -0.384. The van der Waals surface area contributed by atoms with Crippen LogP contribution in [0.4, 0.5) is 5.69 Å². The van der Waals surface area contributed by atoms with Gasteiger partial charge in [0.15, 0.2) is 0 Å². The summed E-state index contributed by atoms with van der Waals surface area (Å²) in [6, 6.07) is 4.73. The van der Waals surface area contributed by atoms with Gasteiger partial charge in [-0.05, 0) is 37.8 Å². The third kappa shape index (κ3) is 2.79. The maximum Gasteiger partial charge on any atom is 0.269 e. The molecule has 0 saturated heterocycles. The van der Waals surface area contributed by atoms with E-state index in [1.165, 1.54) is 12.1 Å². The van der Waals surface area contributed by atoms with Crippen LogP contribution < -0.4 is 10.5 Å². The van der Waals surface area contributed by atoms with Gasteiger partial charge in [0.05, 0.1) is 4.92 Å². The molecule has 98 valence electrons. The minimum atomic E-state index is -0.400. The molecule has 0 radical (unpaired) electrons. The number of rotatable bonds is 3. The highest BCUT2D eigenvalue weighted by Crippen LogP contribution is 2.27. The molecule has 0 aliphatic heterocycles. The fourth-order valence-electron chi connectivity index (χ4n) is 2.31. The summed E-state index contributed by atoms with van der Waals surface area (Å²) in [5.74, 6) is 0.697. The van der Waals surface area contributed by atoms with Crippen molar-refractivity contribution in [1.82, 2.24) is 0 Å². The van der Waals surface area contributed by atoms with E-state index < -0.39 is 4.92 Å². The molecular formula is C13H18N2O3. The summed E-state index contributed by atoms with van der Waals surface area (Å²) in [6.07, 6.45) is 4.25. The fraction of sp³-hybridized carbons (Fsp3) is 0.538. The van der Waals surface area contributed by atoms with Gasteiger partial charge in [-0.25, -0.2) is 0 Å². The van der Waals surface area contributed by atoms with E-state index in [-0.39, 0.29) is 17.8 Å². The topological polar surface area (TPSA) is 78.4 Å². The molecule has 2 N–H and O–H groups in total. The van der Waals surface area contributed by atoms with Gasteiger partial charge in [-0.15, -0.1) is 0 Å². The summed E-state index contributed by atoms with van der Waals surface area (Å²) in [7, 11) is 0. The molecule has 1 saturated carbocycles. The molecule has 1 aromatic carbocycles. The molecule has 1 aromatic rings. The predicted molar refractivity (Wildman–Crippen MR) is 68.7 cm³/mol. The van der Waals surface area contributed by atoms with E-state index >= 15 is 0 Å². The number of nitro benzene ring substituents is 1. The van der Waals surface area contributed by atoms with E-state index in [1.807, 2.05) is 6.92 Å². The molecule has 0 aromatic heterocycles. The summed E-state index contributed by atoms with van der Waals surface area (Å²) in [5.41, 5.74) is 6.89. The van der Waals surface area contributed by atoms with Crippen LogP contribution in [0.1, 0.15) is 31.2 Å². The van der Waals surface area contributed by atoms with Crippen LogP contribution in [0.5, 0.6) is 5.75 Å². The Hall–Kier alpha value is -1.62. The molecule has 2 rings (SSSR count). The number of benzene rings is 1. The van der Waals surface area contributed by atoms with Gasteiger partial charge < -0.3 is 10.5 Å². The molecular weight excluding hydrogens is 232 g/mol. The molecule has 1 aliphatic carbocycles. The number of non-ortho nitro benzene ring substituents is 1. The van der Waals surface area contributed by atoms with Crippen molar-refractivity contribution >= 4 is 5.69 Å². The molecule has 18 heavy (non-hydrogen) atoms. The number of aryl methyl sites for hydroxylation is 1. The van der Waals surface area contributed by atoms with E-state index in [9.17, 15) is 10.1 Å². The molecule has 1 fully saturated rings. The fourth-order valence-corrected chi connectivity index (χ4v) is 2.31. The smallest absolute Gasteiger partial charge is 0.269 e. The Morgan fingerprint density at radius 3 is 2.72 bits per heavy atom. The Bertz CT molecular complexity index is 448. The molecule has 0 spiro atoms. The van der Waals surface area contributed by atoms with E-state index in [2.05, 4.69) is 0 Å². The van der Waals surface area contributed by atoms with E-state index in [0.29, 0.717) is 5.75 Å². The normalized spacial score (nSPS) is 23.7. The third-order valence-corrected chi connectivity index (χ3v) is 3.40. The van der Waals surface area contributed by atoms with Gasteiger partial charge in [-0.2, -0.15) is 0 Å². The highest BCUT2D eigenvalue weighted by molar-refractivity contribution is 5.43. The van der Waals surface area contributed by atoms with Crippen molar-refractivity contribution in [2.45, 2.75) is 44.8 Å². The van der Waals surface area contributed by atoms with Crippen LogP contribution in [-0.2, 0) is 0 Å². The zero-order valence-electron chi connectivity index (χ0n) is 10.5. The number of hydrogen-bond acceptors (Lipinski definition) is 4. The zero-order chi connectivity index (χ0) is 13.1. The van der Waals surface area contributed by atoms with Crippen molar-refractivity contribution in [2.24, 2.45) is 5.73 Å². The predicted octanol–water partition coefficient (Wildman–Crippen LogP) is 2.55. The van der Waals surface area contributed by atoms with Crippen molar-refractivity contribution in [1.29, 1.82) is 0 Å². The average molecular weight is 250 g/mol. The van der Waals surface area contributed by atoms with E-state index in [0.717, 1.165) is 31.2 Å². The van der Waals surface area contributed by atoms with Crippen molar-refractivity contribution in [3.05, 3.63) is 33.9 Å². The summed E-state index contributed by atoms with van der Waals surface area (Å²) in [6.45, 7) is 1.82. The number of ether oxygens (including phenoxy) is 1. The molecule has 0 heterocycles. The van der Waals surface area contributed by atoms with Crippen LogP contribution in [0, 0.1) is 17.0 Å². The van der Waals surface area contributed by atoms with Gasteiger partial charge in [0.1, 0.15) is 11.9 Å². The lowest BCUT2D eigenvalue weighted by Gasteiger charge is -2.29. The van der Waals surface area contributed by atoms with Crippen molar-refractivity contribution < 1.29 is 9.66 Å². The van der Waals surface area contributed by atoms with Crippen LogP contribution in [0.15, 0.2) is 18.2 Å². The maximum absolute atomic E-state index is 10.7. The summed E-state index contributed by atoms with van der Waals surface area (Å²) < 4.78 is 5.89. The number of nitrogens with two attached hydrogens (primary N) is 1. The molecule has 5 heteroatoms. The van der Waals surface area contributed by atoms with Crippen LogP contribution in [0.3, 0.4) is 0 Å². The minimum Gasteiger partial charge on any atom is -0.489 e. The Balaban J connectivity index is 2.11. The lowest BCUT2D eigenvalue weighted by Crippen LogP contribution is -2.41. The maximum atomic E-state index is 10.7. The van der Waals surface area contributed by atoms with Crippen LogP contribution >= 0.6 is 0 Å². The van der Waals surface area contributed by atoms with E-state index in [4.69, 9.17) is 10.5 Å². The highest BCUT2D eigenvalue weighted by Gasteiger charge is 2.24. The van der Waals surface area contributed by atoms with Crippen molar-refractivity contribution in [2.75, 3.05) is 0 Å². The zero-order valence-corrected chi connectivity index (χ0v) is 10.5. The Labute approximate surface area is 106 Å². The third-order valence-electron chi connectivity index (χ3n) is 3.40. The first-order valence-corrected chi connectivity index (χ1v) is 6.25. The van der Waals surface area contributed by atoms with Gasteiger partial charge in [-0.3, -0.25) is 10.1 Å². The average Bonchev–Trinajstić information content (AvgIpc) is 2.34. The number of hydrogen-bond donors (Lipinski definition) is 1. The number of nitrogens with zero attached hydrogens (tertiary/aromatic N) is 1. The highest BCUT2D eigenvalue weighted by atomic mass is 16.6. The first-order chi connectivity index (χ1) is 8.58. The quantitative estimate of drug-likeness (QED) is 0.660. The second-order valence-corrected chi connectivity index (χ2v) is 4.81. The Kier molecular flexibility index (Phi) is 3.81. The molecule has 5 nitrogen and oxygen atoms in total. The molecule has 2 unspecified atom stereocenters. The monoisotopic (exact) mass is 250 g/mol. The lowest BCUT2D eigenvalue weighted by atomic mass is 9.93. The molecule has 0 amide bonds. The van der Waals surface area contributed by atoms with Crippen LogP contribution in [-0.4, -0.2) is 17.1 Å². The second-order valence-electron chi connectivity index (χ2n) is 4.81. The van der Waals surface area contributed by atoms with Crippen molar-refractivity contribution in [3.8, 4) is 5.75 Å². The van der Waals surface area contributed by atoms with Crippen LogP contribution in [0.2, 0.25) is 0 Å². The van der Waals surface area contributed by atoms with Gasteiger partial charge in [-0.1, -0.05) is 6.42 Å². The van der Waals surface area contributed by atoms with Gasteiger partial charge in [0.25, 0.3) is 5.69 Å². The summed E-state index contributed by atoms with van der Waals surface area (Å²) >= 11 is 0. The molecule has 1 aliphatic rings. The van der Waals surface area contributed by atoms with Crippen LogP contribution in [0.25, 0.3) is 0 Å². The number of nitro groups is 1. The van der Waals surface area contributed by atoms with Gasteiger partial charge in [0.2, 0.25) is 0 Å². The first-order valence-electron chi connectivity index (χ1n) is 6.25. The second kappa shape index (κ2) is 5.35. The van der Waals surface area contributed by atoms with Crippen molar-refractivity contribution in [3.63, 3.8) is 0 Å². The minimum absolute atomic E-state index is 0.0268. The molecule has 2 atom stereocenters. The Morgan fingerprint density at radius 1 is 1.39 bits per heavy atom. The SMILES string of the molecule is Cc1cc([N+](=O)[O-])ccc1OC1CCCCC1N. The largest absolute Gasteiger partial charge is 0.489 e. The molecule has 0 bridgehead atoms.